The number of aryl methyl sites for hydroxylation is 1. The molecule has 1 rings (SSSR count). The number of benzene rings is 1. The van der Waals surface area contributed by atoms with Crippen LogP contribution in [0.2, 0.25) is 0 Å². The minimum absolute atomic E-state index is 0.405. The van der Waals surface area contributed by atoms with Gasteiger partial charge in [0.05, 0.1) is 0 Å². The molecule has 0 spiro atoms. The first-order valence-electron chi connectivity index (χ1n) is 8.33. The fourth-order valence-corrected chi connectivity index (χ4v) is 2.76. The van der Waals surface area contributed by atoms with E-state index in [1.54, 1.807) is 0 Å². The largest absolute Gasteiger partial charge is 0.316 e. The molecule has 0 atom stereocenters. The van der Waals surface area contributed by atoms with Crippen molar-refractivity contribution in [1.82, 2.24) is 5.32 Å². The minimum Gasteiger partial charge on any atom is -0.316 e. The highest BCUT2D eigenvalue weighted by Gasteiger charge is 2.26. The molecule has 0 amide bonds. The van der Waals surface area contributed by atoms with E-state index in [2.05, 4.69) is 64.2 Å². The highest BCUT2D eigenvalue weighted by Crippen LogP contribution is 2.30. The van der Waals surface area contributed by atoms with Crippen LogP contribution in [0.3, 0.4) is 0 Å². The highest BCUT2D eigenvalue weighted by molar-refractivity contribution is 5.23. The molecule has 0 saturated carbocycles. The summed E-state index contributed by atoms with van der Waals surface area (Å²) in [5.41, 5.74) is 3.32. The maximum Gasteiger partial charge on any atom is 0.00109 e. The van der Waals surface area contributed by atoms with Crippen molar-refractivity contribution in [3.8, 4) is 0 Å². The summed E-state index contributed by atoms with van der Waals surface area (Å²) in [5.74, 6) is 0.727. The summed E-state index contributed by atoms with van der Waals surface area (Å²) < 4.78 is 0. The first-order valence-corrected chi connectivity index (χ1v) is 8.33. The van der Waals surface area contributed by atoms with Crippen LogP contribution in [0, 0.1) is 11.3 Å². The molecular formula is C19H33N. The van der Waals surface area contributed by atoms with E-state index in [1.807, 2.05) is 0 Å². The summed E-state index contributed by atoms with van der Waals surface area (Å²) in [5, 5.41) is 3.67. The van der Waals surface area contributed by atoms with Gasteiger partial charge in [0.15, 0.2) is 0 Å². The topological polar surface area (TPSA) is 12.0 Å². The summed E-state index contributed by atoms with van der Waals surface area (Å²) in [6, 6.07) is 9.21. The molecule has 0 bridgehead atoms. The molecule has 0 heterocycles. The lowest BCUT2D eigenvalue weighted by atomic mass is 9.76. The van der Waals surface area contributed by atoms with Gasteiger partial charge in [-0.1, -0.05) is 58.9 Å². The Hall–Kier alpha value is -0.820. The van der Waals surface area contributed by atoms with Crippen molar-refractivity contribution >= 4 is 0 Å². The molecule has 0 saturated heterocycles. The molecule has 1 N–H and O–H groups in total. The molecule has 0 aliphatic carbocycles. The van der Waals surface area contributed by atoms with Gasteiger partial charge in [-0.25, -0.2) is 0 Å². The van der Waals surface area contributed by atoms with Gasteiger partial charge in [0.25, 0.3) is 0 Å². The van der Waals surface area contributed by atoms with E-state index in [4.69, 9.17) is 0 Å². The van der Waals surface area contributed by atoms with Crippen molar-refractivity contribution in [3.05, 3.63) is 35.4 Å². The van der Waals surface area contributed by atoms with E-state index in [9.17, 15) is 0 Å². The molecule has 20 heavy (non-hydrogen) atoms. The quantitative estimate of drug-likeness (QED) is 0.679. The lowest BCUT2D eigenvalue weighted by Gasteiger charge is -2.33. The maximum atomic E-state index is 3.67. The van der Waals surface area contributed by atoms with Crippen molar-refractivity contribution in [2.24, 2.45) is 11.3 Å². The third kappa shape index (κ3) is 5.28. The predicted octanol–water partition coefficient (Wildman–Crippen LogP) is 4.84. The molecule has 114 valence electrons. The van der Waals surface area contributed by atoms with E-state index in [-0.39, 0.29) is 0 Å². The third-order valence-corrected chi connectivity index (χ3v) is 4.56. The van der Waals surface area contributed by atoms with Crippen molar-refractivity contribution < 1.29 is 0 Å². The first kappa shape index (κ1) is 17.2. The third-order valence-electron chi connectivity index (χ3n) is 4.56. The molecule has 1 nitrogen and oxygen atoms in total. The Labute approximate surface area is 126 Å². The van der Waals surface area contributed by atoms with Crippen LogP contribution in [0.4, 0.5) is 0 Å². The van der Waals surface area contributed by atoms with E-state index in [0.717, 1.165) is 25.4 Å². The van der Waals surface area contributed by atoms with Gasteiger partial charge in [-0.15, -0.1) is 0 Å². The van der Waals surface area contributed by atoms with Crippen LogP contribution < -0.4 is 5.32 Å². The summed E-state index contributed by atoms with van der Waals surface area (Å²) in [6.45, 7) is 13.7. The van der Waals surface area contributed by atoms with Crippen molar-refractivity contribution in [2.45, 2.75) is 60.3 Å². The normalized spacial score (nSPS) is 12.1. The number of rotatable bonds is 9. The molecule has 0 aliphatic heterocycles. The van der Waals surface area contributed by atoms with Crippen molar-refractivity contribution in [1.29, 1.82) is 0 Å². The Balaban J connectivity index is 2.68. The molecular weight excluding hydrogens is 242 g/mol. The highest BCUT2D eigenvalue weighted by atomic mass is 14.9. The lowest BCUT2D eigenvalue weighted by Crippen LogP contribution is -2.37. The molecule has 0 fully saturated rings. The molecule has 1 aromatic carbocycles. The number of hydrogen-bond acceptors (Lipinski definition) is 1. The lowest BCUT2D eigenvalue weighted by molar-refractivity contribution is 0.243. The summed E-state index contributed by atoms with van der Waals surface area (Å²) in [4.78, 5) is 0. The van der Waals surface area contributed by atoms with Crippen LogP contribution in [0.1, 0.15) is 58.6 Å². The monoisotopic (exact) mass is 275 g/mol. The number of hydrogen-bond donors (Lipinski definition) is 1. The second kappa shape index (κ2) is 8.46. The molecule has 0 aromatic heterocycles. The van der Waals surface area contributed by atoms with Gasteiger partial charge < -0.3 is 5.32 Å². The zero-order valence-corrected chi connectivity index (χ0v) is 14.1. The Bertz CT molecular complexity index is 360. The zero-order valence-electron chi connectivity index (χ0n) is 14.1. The Morgan fingerprint density at radius 2 is 1.50 bits per heavy atom. The molecule has 0 radical (unpaired) electrons. The fourth-order valence-electron chi connectivity index (χ4n) is 2.76. The van der Waals surface area contributed by atoms with E-state index in [0.29, 0.717) is 5.41 Å². The van der Waals surface area contributed by atoms with Crippen LogP contribution in [0.15, 0.2) is 24.3 Å². The summed E-state index contributed by atoms with van der Waals surface area (Å²) >= 11 is 0. The van der Waals surface area contributed by atoms with Crippen LogP contribution in [-0.2, 0) is 12.8 Å². The van der Waals surface area contributed by atoms with E-state index < -0.39 is 0 Å². The summed E-state index contributed by atoms with van der Waals surface area (Å²) in [6.07, 6.45) is 4.80. The van der Waals surface area contributed by atoms with Gasteiger partial charge in [-0.2, -0.15) is 0 Å². The van der Waals surface area contributed by atoms with E-state index in [1.165, 1.54) is 30.4 Å². The molecule has 0 aliphatic rings. The van der Waals surface area contributed by atoms with Gasteiger partial charge in [-0.05, 0) is 54.7 Å². The summed E-state index contributed by atoms with van der Waals surface area (Å²) in [7, 11) is 0. The predicted molar refractivity (Wildman–Crippen MR) is 90.2 cm³/mol. The fraction of sp³-hybridized carbons (Fsp3) is 0.684. The van der Waals surface area contributed by atoms with Gasteiger partial charge in [0.1, 0.15) is 0 Å². The Morgan fingerprint density at radius 3 is 1.95 bits per heavy atom. The SMILES string of the molecule is CCc1ccc(CC(CC)(CC)CNCC(C)C)cc1. The van der Waals surface area contributed by atoms with Gasteiger partial charge in [-0.3, -0.25) is 0 Å². The molecule has 0 unspecified atom stereocenters. The van der Waals surface area contributed by atoms with Crippen LogP contribution >= 0.6 is 0 Å². The minimum atomic E-state index is 0.405. The number of nitrogens with one attached hydrogen (secondary N) is 1. The van der Waals surface area contributed by atoms with Crippen molar-refractivity contribution in [3.63, 3.8) is 0 Å². The van der Waals surface area contributed by atoms with Crippen LogP contribution in [0.5, 0.6) is 0 Å². The maximum absolute atomic E-state index is 3.67. The van der Waals surface area contributed by atoms with Crippen LogP contribution in [-0.4, -0.2) is 13.1 Å². The molecule has 1 aromatic rings. The smallest absolute Gasteiger partial charge is 0.00109 e. The standard InChI is InChI=1S/C19H33N/c1-6-17-9-11-18(12-10-17)13-19(7-2,8-3)15-20-14-16(4)5/h9-12,16,20H,6-8,13-15H2,1-5H3. The average molecular weight is 275 g/mol. The second-order valence-corrected chi connectivity index (χ2v) is 6.58. The Morgan fingerprint density at radius 1 is 0.950 bits per heavy atom. The van der Waals surface area contributed by atoms with Gasteiger partial charge >= 0.3 is 0 Å². The van der Waals surface area contributed by atoms with Gasteiger partial charge in [0.2, 0.25) is 0 Å². The van der Waals surface area contributed by atoms with Crippen LogP contribution in [0.25, 0.3) is 0 Å². The van der Waals surface area contributed by atoms with Gasteiger partial charge in [0, 0.05) is 6.54 Å². The van der Waals surface area contributed by atoms with Crippen molar-refractivity contribution in [2.75, 3.05) is 13.1 Å². The second-order valence-electron chi connectivity index (χ2n) is 6.58. The zero-order chi connectivity index (χ0) is 15.0. The van der Waals surface area contributed by atoms with E-state index >= 15 is 0 Å². The average Bonchev–Trinajstić information content (AvgIpc) is 2.46. The molecule has 1 heteroatoms. The first-order chi connectivity index (χ1) is 9.55. The Kier molecular flexibility index (Phi) is 7.29.